The Morgan fingerprint density at radius 1 is 0.235 bits per heavy atom. The van der Waals surface area contributed by atoms with Gasteiger partial charge in [-0.25, -0.2) is 0 Å². The average Bonchev–Trinajstić information content (AvgIpc) is 1.33. The summed E-state index contributed by atoms with van der Waals surface area (Å²) in [6.45, 7) is 0. The highest BCUT2D eigenvalue weighted by atomic mass is 16.3. The van der Waals surface area contributed by atoms with Crippen molar-refractivity contribution < 1.29 is 40.1 Å². The molecule has 0 unspecified atom stereocenters. The van der Waals surface area contributed by atoms with Crippen molar-refractivity contribution in [3.05, 3.63) is 303 Å². The van der Waals surface area contributed by atoms with Gasteiger partial charge in [-0.2, -0.15) is 0 Å². The number of rotatable bonds is 5. The molecule has 0 saturated carbocycles. The van der Waals surface area contributed by atoms with E-state index in [0.29, 0.717) is 0 Å². The topological polar surface area (TPSA) is 13.1 Å². The average molecular weight is 1050 g/mol. The Hall–Kier alpha value is -10.6. The van der Waals surface area contributed by atoms with Crippen LogP contribution in [0, 0.1) is 0 Å². The number of hydrogen-bond acceptors (Lipinski definition) is 1. The lowest BCUT2D eigenvalue weighted by atomic mass is 9.84. The van der Waals surface area contributed by atoms with E-state index in [0.717, 1.165) is 21.9 Å². The van der Waals surface area contributed by atoms with Crippen molar-refractivity contribution in [2.24, 2.45) is 0 Å². The van der Waals surface area contributed by atoms with Gasteiger partial charge in [-0.15, -0.1) is 0 Å². The van der Waals surface area contributed by atoms with Crippen molar-refractivity contribution in [3.8, 4) is 55.6 Å². The van der Waals surface area contributed by atoms with Gasteiger partial charge >= 0.3 is 0 Å². The molecule has 0 aliphatic carbocycles. The molecule has 0 fully saturated rings. The summed E-state index contributed by atoms with van der Waals surface area (Å²) in [5, 5.41) is 6.99. The van der Waals surface area contributed by atoms with Gasteiger partial charge in [0, 0.05) is 16.2 Å². The molecule has 0 atom stereocenters. The van der Waals surface area contributed by atoms with Gasteiger partial charge in [0.2, 0.25) is 0 Å². The molecule has 1 aromatic heterocycles. The highest BCUT2D eigenvalue weighted by Crippen LogP contribution is 2.49. The van der Waals surface area contributed by atoms with Crippen molar-refractivity contribution in [3.63, 3.8) is 0 Å². The van der Waals surface area contributed by atoms with Crippen molar-refractivity contribution in [2.75, 3.05) is 0 Å². The molecule has 17 aromatic rings. The molecule has 0 amide bonds. The van der Waals surface area contributed by atoms with Crippen molar-refractivity contribution >= 4 is 108 Å². The molecule has 0 spiro atoms. The van der Waals surface area contributed by atoms with Gasteiger partial charge < -0.3 is 4.42 Å². The monoisotopic (exact) mass is 1050 g/mol. The van der Waals surface area contributed by atoms with E-state index in [1.165, 1.54) is 65.3 Å². The van der Waals surface area contributed by atoms with Crippen molar-refractivity contribution in [2.45, 2.75) is 0 Å². The summed E-state index contributed by atoms with van der Waals surface area (Å²) in [5.74, 6) is 0. The molecule has 0 saturated heterocycles. The van der Waals surface area contributed by atoms with Crippen LogP contribution in [0.1, 0.15) is 35.6 Å². The third-order valence-corrected chi connectivity index (χ3v) is 15.0. The van der Waals surface area contributed by atoms with Crippen LogP contribution in [0.2, 0.25) is 0 Å². The predicted octanol–water partition coefficient (Wildman–Crippen LogP) is 22.8. The minimum absolute atomic E-state index is 0.526. The SMILES string of the molecule is [2H]c1c([2H])c(-c2c3c([2H])c([2H])c([2H])c([2H])c3c(-c3c([2H])c([2H])c([2H])c4c([2H])c([2H])c([2H])c([2H])c34)c3c([2H])c([2H])c([2H])c([2H])c23)c([2H])c([2H])c1-c1c([2H])c([2H])c2c([2H])c([2H])c([2H])c([2H])c2c1[2H].c1ccc2c(-c3c4ccccc4c(-c4cccc5oc6c7ccccc7ccc6c45)c4ccccc34)cccc2c1. The lowest BCUT2D eigenvalue weighted by Gasteiger charge is -2.19. The van der Waals surface area contributed by atoms with E-state index in [2.05, 4.69) is 146 Å². The zero-order chi connectivity index (χ0) is 76.0. The fraction of sp³-hybridized carbons (Fsp3) is 0. The van der Waals surface area contributed by atoms with E-state index in [1.807, 2.05) is 0 Å². The highest BCUT2D eigenvalue weighted by Gasteiger charge is 2.22. The Morgan fingerprint density at radius 2 is 0.704 bits per heavy atom. The molecule has 376 valence electrons. The van der Waals surface area contributed by atoms with Crippen LogP contribution in [0.3, 0.4) is 0 Å². The van der Waals surface area contributed by atoms with Crippen LogP contribution in [0.4, 0.5) is 0 Å². The summed E-state index contributed by atoms with van der Waals surface area (Å²) in [7, 11) is 0. The second-order valence-electron chi connectivity index (χ2n) is 19.3. The van der Waals surface area contributed by atoms with Gasteiger partial charge in [-0.3, -0.25) is 0 Å². The van der Waals surface area contributed by atoms with Gasteiger partial charge in [0.15, 0.2) is 0 Å². The maximum absolute atomic E-state index is 9.43. The van der Waals surface area contributed by atoms with Crippen LogP contribution in [-0.2, 0) is 0 Å². The lowest BCUT2D eigenvalue weighted by molar-refractivity contribution is 0.673. The largest absolute Gasteiger partial charge is 0.455 e. The molecular formula is C80H50O. The summed E-state index contributed by atoms with van der Waals surface area (Å²) < 4.78 is 237. The van der Waals surface area contributed by atoms with Crippen molar-refractivity contribution in [1.29, 1.82) is 0 Å². The third-order valence-electron chi connectivity index (χ3n) is 15.0. The Morgan fingerprint density at radius 3 is 1.38 bits per heavy atom. The van der Waals surface area contributed by atoms with E-state index in [9.17, 15) is 12.3 Å². The first-order chi connectivity index (χ1) is 51.0. The van der Waals surface area contributed by atoms with Gasteiger partial charge in [-0.1, -0.05) is 285 Å². The van der Waals surface area contributed by atoms with E-state index >= 15 is 0 Å². The van der Waals surface area contributed by atoms with Crippen LogP contribution in [0.25, 0.3) is 164 Å². The third kappa shape index (κ3) is 7.62. The summed E-state index contributed by atoms with van der Waals surface area (Å²) in [6.07, 6.45) is 0. The zero-order valence-electron chi connectivity index (χ0n) is 68.3. The van der Waals surface area contributed by atoms with Gasteiger partial charge in [0.05, 0.1) is 35.6 Å². The highest BCUT2D eigenvalue weighted by molar-refractivity contribution is 6.28. The fourth-order valence-corrected chi connectivity index (χ4v) is 11.5. The quantitative estimate of drug-likeness (QED) is 0.157. The van der Waals surface area contributed by atoms with E-state index in [-0.39, 0.29) is 0 Å². The maximum atomic E-state index is 9.43. The molecule has 17 rings (SSSR count). The summed E-state index contributed by atoms with van der Waals surface area (Å²) in [5.41, 5.74) is 2.35. The van der Waals surface area contributed by atoms with E-state index in [4.69, 9.17) is 27.7 Å². The molecular weight excluding hydrogens is 977 g/mol. The van der Waals surface area contributed by atoms with Gasteiger partial charge in [-0.05, 0) is 155 Å². The molecule has 0 N–H and O–H groups in total. The smallest absolute Gasteiger partial charge is 0.143 e. The Bertz CT molecular complexity index is 6790. The molecule has 1 heterocycles. The molecule has 16 aromatic carbocycles. The summed E-state index contributed by atoms with van der Waals surface area (Å²) >= 11 is 0. The Kier molecular flexibility index (Phi) is 6.44. The number of furan rings is 1. The lowest BCUT2D eigenvalue weighted by Crippen LogP contribution is -1.92. The fourth-order valence-electron chi connectivity index (χ4n) is 11.5. The van der Waals surface area contributed by atoms with Gasteiger partial charge in [0.25, 0.3) is 0 Å². The number of hydrogen-bond donors (Lipinski definition) is 0. The molecule has 0 bridgehead atoms. The zero-order valence-corrected chi connectivity index (χ0v) is 42.3. The summed E-state index contributed by atoms with van der Waals surface area (Å²) in [6, 6.07) is 28.5. The van der Waals surface area contributed by atoms with Crippen LogP contribution in [0.5, 0.6) is 0 Å². The Balaban J connectivity index is 0.000000181. The maximum Gasteiger partial charge on any atom is 0.143 e. The normalized spacial score (nSPS) is 16.2. The minimum atomic E-state index is -1.07. The molecule has 1 nitrogen and oxygen atoms in total. The molecule has 1 heteroatoms. The first kappa shape index (κ1) is 27.3. The van der Waals surface area contributed by atoms with Crippen molar-refractivity contribution in [1.82, 2.24) is 0 Å². The molecule has 0 radical (unpaired) electrons. The molecule has 0 aliphatic rings. The van der Waals surface area contributed by atoms with E-state index < -0.39 is 234 Å². The second-order valence-corrected chi connectivity index (χ2v) is 19.3. The minimum Gasteiger partial charge on any atom is -0.455 e. The first-order valence-electron chi connectivity index (χ1n) is 38.9. The number of fused-ring (bicyclic) bond motifs is 12. The summed E-state index contributed by atoms with van der Waals surface area (Å²) in [4.78, 5) is 0. The first-order valence-corrected chi connectivity index (χ1v) is 25.9. The van der Waals surface area contributed by atoms with Crippen LogP contribution in [-0.4, -0.2) is 0 Å². The molecule has 81 heavy (non-hydrogen) atoms. The Labute approximate surface area is 505 Å². The van der Waals surface area contributed by atoms with Crippen LogP contribution < -0.4 is 0 Å². The van der Waals surface area contributed by atoms with E-state index in [1.54, 1.807) is 0 Å². The molecule has 0 aliphatic heterocycles. The van der Waals surface area contributed by atoms with Crippen LogP contribution >= 0.6 is 0 Å². The van der Waals surface area contributed by atoms with Gasteiger partial charge in [0.1, 0.15) is 11.2 Å². The number of benzene rings is 16. The predicted molar refractivity (Wildman–Crippen MR) is 347 cm³/mol. The standard InChI is InChI=1S/C40H24O.C40H26/c1-3-14-27-25(11-1)13-9-20-29(27)37-30-16-5-7-18-32(30)38(33-19-8-6-17-31(33)37)34-21-10-22-36-39(34)35-24-23-26-12-2-4-15-28(26)40(35)41-36;1-2-12-31-26-32(25-22-27(31)10-1)28-20-23-30(24-21-28)39-35-15-5-7-17-37(35)40(38-18-8-6-16-36(38)39)34-19-9-13-29-11-3-4-14-33(29)34/h1-24H;1-26H/i;1D,2D,3D,4D,5D,6D,7D,8D,9D,10D,11D,12D,13D,14D,15D,16D,17D,18D,19D,20D,21D,22D,23D,24D,25D,26D. The second kappa shape index (κ2) is 19.1. The van der Waals surface area contributed by atoms with Crippen LogP contribution in [0.15, 0.2) is 307 Å².